The molecule has 1 amide bonds. The second-order valence-electron chi connectivity index (χ2n) is 8.46. The van der Waals surface area contributed by atoms with Gasteiger partial charge in [-0.2, -0.15) is 0 Å². The molecule has 0 saturated heterocycles. The molecule has 176 valence electrons. The van der Waals surface area contributed by atoms with Crippen LogP contribution in [0, 0.1) is 5.41 Å². The minimum absolute atomic E-state index is 0. The maximum atomic E-state index is 12.6. The molecule has 0 bridgehead atoms. The fourth-order valence-electron chi connectivity index (χ4n) is 4.54. The van der Waals surface area contributed by atoms with Gasteiger partial charge in [-0.25, -0.2) is 0 Å². The second-order valence-corrected chi connectivity index (χ2v) is 9.46. The van der Waals surface area contributed by atoms with Crippen molar-refractivity contribution in [3.05, 3.63) is 21.9 Å². The Bertz CT molecular complexity index is 704. The van der Waals surface area contributed by atoms with Crippen molar-refractivity contribution in [1.29, 1.82) is 0 Å². The van der Waals surface area contributed by atoms with Crippen LogP contribution in [-0.2, 0) is 22.5 Å². The number of hydrogen-bond donors (Lipinski definition) is 2. The molecule has 2 N–H and O–H groups in total. The second kappa shape index (κ2) is 13.6. The molecule has 1 aliphatic heterocycles. The molecule has 0 unspecified atom stereocenters. The molecule has 2 heterocycles. The van der Waals surface area contributed by atoms with E-state index < -0.39 is 0 Å². The van der Waals surface area contributed by atoms with Gasteiger partial charge in [0.1, 0.15) is 0 Å². The van der Waals surface area contributed by atoms with E-state index in [0.717, 1.165) is 58.2 Å². The summed E-state index contributed by atoms with van der Waals surface area (Å²) >= 11 is 1.81. The van der Waals surface area contributed by atoms with Gasteiger partial charge in [0.15, 0.2) is 5.96 Å². The molecule has 8 heteroatoms. The number of nitrogens with one attached hydrogen (secondary N) is 2. The van der Waals surface area contributed by atoms with Crippen molar-refractivity contribution >= 4 is 47.2 Å². The number of fused-ring (bicyclic) bond motifs is 1. The lowest BCUT2D eigenvalue weighted by Crippen LogP contribution is -2.41. The van der Waals surface area contributed by atoms with Gasteiger partial charge in [-0.15, -0.1) is 35.3 Å². The van der Waals surface area contributed by atoms with E-state index in [0.29, 0.717) is 13.0 Å². The molecule has 1 fully saturated rings. The number of halogens is 1. The number of aliphatic imine (C=N–C) groups is 1. The van der Waals surface area contributed by atoms with Crippen molar-refractivity contribution in [2.45, 2.75) is 65.3 Å². The third kappa shape index (κ3) is 7.89. The van der Waals surface area contributed by atoms with Gasteiger partial charge in [0, 0.05) is 57.2 Å². The van der Waals surface area contributed by atoms with Gasteiger partial charge in [0.25, 0.3) is 0 Å². The molecule has 1 saturated carbocycles. The molecule has 6 nitrogen and oxygen atoms in total. The average molecular weight is 563 g/mol. The van der Waals surface area contributed by atoms with Gasteiger partial charge in [0.05, 0.1) is 0 Å². The quantitative estimate of drug-likeness (QED) is 0.194. The standard InChI is InChI=1S/C23H38N4O2S.HI/c1-3-24-22(26-18-23(10-5-6-11-23)12-15-29-4-2)25-13-7-21(28)27-14-8-20-19(17-27)9-16-30-20;/h9,16H,3-8,10-15,17-18H2,1-2H3,(H2,24,25,26);1H. The number of carbonyl (C=O) groups is 1. The number of carbonyl (C=O) groups excluding carboxylic acids is 1. The largest absolute Gasteiger partial charge is 0.382 e. The molecule has 0 aromatic carbocycles. The van der Waals surface area contributed by atoms with Gasteiger partial charge in [-0.1, -0.05) is 12.8 Å². The molecule has 0 spiro atoms. The zero-order valence-electron chi connectivity index (χ0n) is 19.1. The molecular weight excluding hydrogens is 523 g/mol. The number of amides is 1. The van der Waals surface area contributed by atoms with E-state index in [-0.39, 0.29) is 35.3 Å². The van der Waals surface area contributed by atoms with Crippen LogP contribution >= 0.6 is 35.3 Å². The lowest BCUT2D eigenvalue weighted by molar-refractivity contribution is -0.131. The SMILES string of the molecule is CCNC(=NCC1(CCOCC)CCCC1)NCCC(=O)N1CCc2sccc2C1.I. The Morgan fingerprint density at radius 2 is 2.10 bits per heavy atom. The maximum absolute atomic E-state index is 12.6. The van der Waals surface area contributed by atoms with E-state index in [9.17, 15) is 4.79 Å². The number of guanidine groups is 1. The van der Waals surface area contributed by atoms with Crippen molar-refractivity contribution in [2.75, 3.05) is 39.4 Å². The number of thiophene rings is 1. The van der Waals surface area contributed by atoms with E-state index >= 15 is 0 Å². The first kappa shape index (κ1) is 26.4. The summed E-state index contributed by atoms with van der Waals surface area (Å²) in [5, 5.41) is 8.84. The molecule has 1 aromatic heterocycles. The van der Waals surface area contributed by atoms with Crippen molar-refractivity contribution in [3.63, 3.8) is 0 Å². The summed E-state index contributed by atoms with van der Waals surface area (Å²) in [6.07, 6.45) is 7.63. The van der Waals surface area contributed by atoms with E-state index in [4.69, 9.17) is 9.73 Å². The minimum Gasteiger partial charge on any atom is -0.382 e. The molecule has 1 aliphatic carbocycles. The van der Waals surface area contributed by atoms with E-state index in [2.05, 4.69) is 35.9 Å². The van der Waals surface area contributed by atoms with Crippen molar-refractivity contribution in [1.82, 2.24) is 15.5 Å². The minimum atomic E-state index is 0. The summed E-state index contributed by atoms with van der Waals surface area (Å²) in [4.78, 5) is 21.0. The van der Waals surface area contributed by atoms with E-state index in [1.165, 1.54) is 36.1 Å². The van der Waals surface area contributed by atoms with Crippen LogP contribution in [0.3, 0.4) is 0 Å². The van der Waals surface area contributed by atoms with Crippen LogP contribution in [-0.4, -0.2) is 56.2 Å². The Morgan fingerprint density at radius 3 is 2.84 bits per heavy atom. The molecule has 2 aliphatic rings. The summed E-state index contributed by atoms with van der Waals surface area (Å²) in [6.45, 7) is 9.59. The van der Waals surface area contributed by atoms with Crippen LogP contribution < -0.4 is 10.6 Å². The normalized spacial score (nSPS) is 17.7. The lowest BCUT2D eigenvalue weighted by atomic mass is 9.83. The highest BCUT2D eigenvalue weighted by Crippen LogP contribution is 2.41. The third-order valence-corrected chi connectivity index (χ3v) is 7.38. The number of rotatable bonds is 10. The molecule has 0 atom stereocenters. The van der Waals surface area contributed by atoms with Crippen LogP contribution in [0.25, 0.3) is 0 Å². The van der Waals surface area contributed by atoms with Gasteiger partial charge >= 0.3 is 0 Å². The predicted octanol–water partition coefficient (Wildman–Crippen LogP) is 4.18. The van der Waals surface area contributed by atoms with E-state index in [1.54, 1.807) is 11.3 Å². The Morgan fingerprint density at radius 1 is 1.29 bits per heavy atom. The van der Waals surface area contributed by atoms with Crippen molar-refractivity contribution in [2.24, 2.45) is 10.4 Å². The van der Waals surface area contributed by atoms with Crippen LogP contribution in [0.5, 0.6) is 0 Å². The average Bonchev–Trinajstić information content (AvgIpc) is 3.41. The predicted molar refractivity (Wildman–Crippen MR) is 139 cm³/mol. The molecule has 0 radical (unpaired) electrons. The van der Waals surface area contributed by atoms with E-state index in [1.807, 2.05) is 4.90 Å². The number of hydrogen-bond acceptors (Lipinski definition) is 4. The fourth-order valence-corrected chi connectivity index (χ4v) is 5.43. The number of ether oxygens (including phenoxy) is 1. The number of nitrogens with zero attached hydrogens (tertiary/aromatic N) is 2. The van der Waals surface area contributed by atoms with Crippen LogP contribution in [0.15, 0.2) is 16.4 Å². The lowest BCUT2D eigenvalue weighted by Gasteiger charge is -2.28. The summed E-state index contributed by atoms with van der Waals surface area (Å²) < 4.78 is 5.62. The van der Waals surface area contributed by atoms with Gasteiger partial charge < -0.3 is 20.3 Å². The first-order chi connectivity index (χ1) is 14.7. The molecule has 1 aromatic rings. The fraction of sp³-hybridized carbons (Fsp3) is 0.739. The summed E-state index contributed by atoms with van der Waals surface area (Å²) in [6, 6.07) is 2.15. The maximum Gasteiger partial charge on any atom is 0.224 e. The Kier molecular flexibility index (Phi) is 11.6. The first-order valence-electron chi connectivity index (χ1n) is 11.6. The van der Waals surface area contributed by atoms with Crippen LogP contribution in [0.4, 0.5) is 0 Å². The molecule has 31 heavy (non-hydrogen) atoms. The van der Waals surface area contributed by atoms with Crippen molar-refractivity contribution < 1.29 is 9.53 Å². The Balaban J connectivity index is 0.00000341. The smallest absolute Gasteiger partial charge is 0.224 e. The summed E-state index contributed by atoms with van der Waals surface area (Å²) in [7, 11) is 0. The highest BCUT2D eigenvalue weighted by atomic mass is 127. The van der Waals surface area contributed by atoms with Gasteiger partial charge in [-0.3, -0.25) is 9.79 Å². The molecular formula is C23H39IN4O2S. The highest BCUT2D eigenvalue weighted by molar-refractivity contribution is 14.0. The topological polar surface area (TPSA) is 66.0 Å². The summed E-state index contributed by atoms with van der Waals surface area (Å²) in [5.74, 6) is 1.05. The third-order valence-electron chi connectivity index (χ3n) is 6.35. The van der Waals surface area contributed by atoms with Gasteiger partial charge in [-0.05, 0) is 62.0 Å². The van der Waals surface area contributed by atoms with Crippen LogP contribution in [0.2, 0.25) is 0 Å². The molecule has 3 rings (SSSR count). The summed E-state index contributed by atoms with van der Waals surface area (Å²) in [5.41, 5.74) is 1.59. The monoisotopic (exact) mass is 562 g/mol. The Labute approximate surface area is 208 Å². The van der Waals surface area contributed by atoms with Crippen molar-refractivity contribution in [3.8, 4) is 0 Å². The zero-order chi connectivity index (χ0) is 21.2. The van der Waals surface area contributed by atoms with Crippen LogP contribution in [0.1, 0.15) is 62.8 Å². The first-order valence-corrected chi connectivity index (χ1v) is 12.5. The highest BCUT2D eigenvalue weighted by Gasteiger charge is 2.33. The Hall–Kier alpha value is -0.870. The zero-order valence-corrected chi connectivity index (χ0v) is 22.2. The van der Waals surface area contributed by atoms with Gasteiger partial charge in [0.2, 0.25) is 5.91 Å².